The number of carbonyl (C=O) groups excluding carboxylic acids is 2. The zero-order chi connectivity index (χ0) is 19.2. The Labute approximate surface area is 158 Å². The lowest BCUT2D eigenvalue weighted by molar-refractivity contribution is 0.101. The zero-order valence-corrected chi connectivity index (χ0v) is 15.3. The van der Waals surface area contributed by atoms with E-state index in [9.17, 15) is 9.59 Å². The number of aromatic nitrogens is 1. The smallest absolute Gasteiger partial charge is 0.255 e. The van der Waals surface area contributed by atoms with Crippen LogP contribution in [0, 0.1) is 0 Å². The van der Waals surface area contributed by atoms with Gasteiger partial charge in [0.05, 0.1) is 0 Å². The van der Waals surface area contributed by atoms with Crippen molar-refractivity contribution in [2.24, 2.45) is 0 Å². The van der Waals surface area contributed by atoms with Crippen LogP contribution in [0.5, 0.6) is 0 Å². The van der Waals surface area contributed by atoms with Gasteiger partial charge in [-0.25, -0.2) is 4.98 Å². The van der Waals surface area contributed by atoms with Gasteiger partial charge in [0.2, 0.25) is 0 Å². The summed E-state index contributed by atoms with van der Waals surface area (Å²) in [7, 11) is 0. The molecule has 0 saturated heterocycles. The average Bonchev–Trinajstić information content (AvgIpc) is 2.69. The van der Waals surface area contributed by atoms with E-state index in [1.165, 1.54) is 6.92 Å². The Bertz CT molecular complexity index is 983. The number of Topliss-reactive ketones (excluding diaryl/α,β-unsaturated/α-hetero) is 1. The van der Waals surface area contributed by atoms with Crippen molar-refractivity contribution in [1.29, 1.82) is 0 Å². The van der Waals surface area contributed by atoms with Crippen LogP contribution in [0.2, 0.25) is 0 Å². The number of benzene rings is 2. The number of amides is 1. The molecule has 2 N–H and O–H groups in total. The Balaban J connectivity index is 1.78. The number of rotatable bonds is 6. The lowest BCUT2D eigenvalue weighted by atomic mass is 10.1. The molecule has 136 valence electrons. The third kappa shape index (κ3) is 4.58. The zero-order valence-electron chi connectivity index (χ0n) is 15.3. The maximum Gasteiger partial charge on any atom is 0.255 e. The first-order chi connectivity index (χ1) is 13.1. The second-order valence-corrected chi connectivity index (χ2v) is 6.16. The first-order valence-corrected chi connectivity index (χ1v) is 8.80. The summed E-state index contributed by atoms with van der Waals surface area (Å²) in [5.74, 6) is 0.334. The largest absolute Gasteiger partial charge is 0.340 e. The summed E-state index contributed by atoms with van der Waals surface area (Å²) in [6, 6.07) is 18.3. The first-order valence-electron chi connectivity index (χ1n) is 8.80. The van der Waals surface area contributed by atoms with Crippen molar-refractivity contribution in [3.63, 3.8) is 0 Å². The van der Waals surface area contributed by atoms with E-state index in [0.717, 1.165) is 23.4 Å². The highest BCUT2D eigenvalue weighted by molar-refractivity contribution is 6.05. The van der Waals surface area contributed by atoms with Gasteiger partial charge in [0.1, 0.15) is 5.82 Å². The Kier molecular flexibility index (Phi) is 5.61. The predicted octanol–water partition coefficient (Wildman–Crippen LogP) is 4.84. The molecular weight excluding hydrogens is 338 g/mol. The van der Waals surface area contributed by atoms with Crippen molar-refractivity contribution in [3.8, 4) is 0 Å². The van der Waals surface area contributed by atoms with Gasteiger partial charge in [0, 0.05) is 28.7 Å². The quantitative estimate of drug-likeness (QED) is 0.618. The molecule has 0 unspecified atom stereocenters. The van der Waals surface area contributed by atoms with E-state index in [2.05, 4.69) is 22.5 Å². The highest BCUT2D eigenvalue weighted by Crippen LogP contribution is 2.19. The third-order valence-electron chi connectivity index (χ3n) is 4.21. The maximum atomic E-state index is 12.6. The Morgan fingerprint density at radius 1 is 0.963 bits per heavy atom. The summed E-state index contributed by atoms with van der Waals surface area (Å²) in [6.07, 6.45) is 2.42. The van der Waals surface area contributed by atoms with Crippen LogP contribution in [-0.4, -0.2) is 16.7 Å². The molecule has 1 heterocycles. The number of nitrogens with zero attached hydrogens (tertiary/aromatic N) is 1. The second-order valence-electron chi connectivity index (χ2n) is 6.16. The molecule has 0 spiro atoms. The number of aryl methyl sites for hydroxylation is 1. The van der Waals surface area contributed by atoms with Crippen molar-refractivity contribution in [1.82, 2.24) is 4.98 Å². The molecule has 0 saturated carbocycles. The minimum atomic E-state index is -0.196. The van der Waals surface area contributed by atoms with Gasteiger partial charge in [-0.3, -0.25) is 9.59 Å². The molecule has 5 nitrogen and oxygen atoms in total. The Hall–Kier alpha value is -3.47. The lowest BCUT2D eigenvalue weighted by Crippen LogP contribution is -2.13. The summed E-state index contributed by atoms with van der Waals surface area (Å²) >= 11 is 0. The summed E-state index contributed by atoms with van der Waals surface area (Å²) in [5, 5.41) is 6.09. The van der Waals surface area contributed by atoms with E-state index in [1.54, 1.807) is 36.5 Å². The molecule has 3 rings (SSSR count). The number of para-hydroxylation sites is 1. The number of anilines is 3. The minimum absolute atomic E-state index is 0.00525. The fourth-order valence-corrected chi connectivity index (χ4v) is 2.75. The van der Waals surface area contributed by atoms with Crippen LogP contribution in [0.3, 0.4) is 0 Å². The van der Waals surface area contributed by atoms with Gasteiger partial charge in [-0.05, 0) is 49.2 Å². The number of nitrogens with one attached hydrogen (secondary N) is 2. The first kappa shape index (κ1) is 18.3. The second kappa shape index (κ2) is 8.27. The SMILES string of the molecule is CCc1ccccc1NC(=O)c1ccnc(Nc2cccc(C(C)=O)c2)c1. The van der Waals surface area contributed by atoms with Gasteiger partial charge < -0.3 is 10.6 Å². The lowest BCUT2D eigenvalue weighted by Gasteiger charge is -2.11. The molecule has 0 radical (unpaired) electrons. The monoisotopic (exact) mass is 359 g/mol. The Morgan fingerprint density at radius 2 is 1.78 bits per heavy atom. The van der Waals surface area contributed by atoms with Crippen LogP contribution in [0.4, 0.5) is 17.2 Å². The average molecular weight is 359 g/mol. The van der Waals surface area contributed by atoms with Crippen LogP contribution < -0.4 is 10.6 Å². The minimum Gasteiger partial charge on any atom is -0.340 e. The van der Waals surface area contributed by atoms with Crippen LogP contribution in [-0.2, 0) is 6.42 Å². The Morgan fingerprint density at radius 3 is 2.56 bits per heavy atom. The molecule has 27 heavy (non-hydrogen) atoms. The van der Waals surface area contributed by atoms with Gasteiger partial charge in [-0.2, -0.15) is 0 Å². The molecule has 1 amide bonds. The molecule has 0 fully saturated rings. The number of pyridine rings is 1. The predicted molar refractivity (Wildman–Crippen MR) is 108 cm³/mol. The normalized spacial score (nSPS) is 10.3. The number of hydrogen-bond donors (Lipinski definition) is 2. The topological polar surface area (TPSA) is 71.1 Å². The molecule has 2 aromatic carbocycles. The molecule has 1 aromatic heterocycles. The fraction of sp³-hybridized carbons (Fsp3) is 0.136. The van der Waals surface area contributed by atoms with Crippen molar-refractivity contribution in [3.05, 3.63) is 83.6 Å². The van der Waals surface area contributed by atoms with Gasteiger partial charge >= 0.3 is 0 Å². The van der Waals surface area contributed by atoms with Crippen LogP contribution in [0.1, 0.15) is 40.1 Å². The molecule has 0 atom stereocenters. The molecule has 0 bridgehead atoms. The van der Waals surface area contributed by atoms with Crippen LogP contribution in [0.15, 0.2) is 66.9 Å². The number of hydrogen-bond acceptors (Lipinski definition) is 4. The number of ketones is 1. The summed E-state index contributed by atoms with van der Waals surface area (Å²) in [6.45, 7) is 3.57. The number of carbonyl (C=O) groups is 2. The maximum absolute atomic E-state index is 12.6. The van der Waals surface area contributed by atoms with Crippen molar-refractivity contribution < 1.29 is 9.59 Å². The van der Waals surface area contributed by atoms with E-state index in [-0.39, 0.29) is 11.7 Å². The van der Waals surface area contributed by atoms with Gasteiger partial charge in [-0.1, -0.05) is 37.3 Å². The molecule has 3 aromatic rings. The van der Waals surface area contributed by atoms with Crippen LogP contribution >= 0.6 is 0 Å². The van der Waals surface area contributed by atoms with E-state index in [0.29, 0.717) is 16.9 Å². The van der Waals surface area contributed by atoms with Crippen molar-refractivity contribution in [2.75, 3.05) is 10.6 Å². The standard InChI is InChI=1S/C22H21N3O2/c1-3-16-7-4-5-10-20(16)25-22(27)18-11-12-23-21(14-18)24-19-9-6-8-17(13-19)15(2)26/h4-14H,3H2,1-2H3,(H,23,24)(H,25,27). The molecule has 5 heteroatoms. The highest BCUT2D eigenvalue weighted by Gasteiger charge is 2.10. The molecular formula is C22H21N3O2. The molecule has 0 aliphatic rings. The summed E-state index contributed by atoms with van der Waals surface area (Å²) < 4.78 is 0. The van der Waals surface area contributed by atoms with E-state index < -0.39 is 0 Å². The third-order valence-corrected chi connectivity index (χ3v) is 4.21. The molecule has 0 aliphatic carbocycles. The highest BCUT2D eigenvalue weighted by atomic mass is 16.1. The van der Waals surface area contributed by atoms with Gasteiger partial charge in [0.25, 0.3) is 5.91 Å². The van der Waals surface area contributed by atoms with Gasteiger partial charge in [-0.15, -0.1) is 0 Å². The van der Waals surface area contributed by atoms with Gasteiger partial charge in [0.15, 0.2) is 5.78 Å². The summed E-state index contributed by atoms with van der Waals surface area (Å²) in [4.78, 5) is 28.4. The molecule has 0 aliphatic heterocycles. The van der Waals surface area contributed by atoms with Crippen LogP contribution in [0.25, 0.3) is 0 Å². The summed E-state index contributed by atoms with van der Waals surface area (Å²) in [5.41, 5.74) is 3.75. The van der Waals surface area contributed by atoms with E-state index in [1.807, 2.05) is 30.3 Å². The van der Waals surface area contributed by atoms with Crippen molar-refractivity contribution >= 4 is 28.9 Å². The van der Waals surface area contributed by atoms with E-state index in [4.69, 9.17) is 0 Å². The van der Waals surface area contributed by atoms with E-state index >= 15 is 0 Å². The fourth-order valence-electron chi connectivity index (χ4n) is 2.75. The van der Waals surface area contributed by atoms with Crippen molar-refractivity contribution in [2.45, 2.75) is 20.3 Å².